The molecule has 114 valence electrons. The van der Waals surface area contributed by atoms with Crippen LogP contribution in [0.5, 0.6) is 5.75 Å². The first-order valence-electron chi connectivity index (χ1n) is 6.87. The average molecular weight is 317 g/mol. The zero-order chi connectivity index (χ0) is 15.7. The maximum absolute atomic E-state index is 11.7. The Morgan fingerprint density at radius 2 is 1.95 bits per heavy atom. The fraction of sp³-hybridized carbons (Fsp3) is 0.188. The van der Waals surface area contributed by atoms with Crippen LogP contribution in [0.1, 0.15) is 12.5 Å². The summed E-state index contributed by atoms with van der Waals surface area (Å²) in [7, 11) is -3.61. The molecule has 0 unspecified atom stereocenters. The van der Waals surface area contributed by atoms with Crippen molar-refractivity contribution >= 4 is 21.2 Å². The van der Waals surface area contributed by atoms with Gasteiger partial charge in [-0.1, -0.05) is 18.2 Å². The zero-order valence-corrected chi connectivity index (χ0v) is 13.1. The summed E-state index contributed by atoms with van der Waals surface area (Å²) in [6.07, 6.45) is 0. The van der Waals surface area contributed by atoms with Gasteiger partial charge in [0, 0.05) is 0 Å². The number of aryl methyl sites for hydroxylation is 1. The summed E-state index contributed by atoms with van der Waals surface area (Å²) in [4.78, 5) is 4.42. The summed E-state index contributed by atoms with van der Waals surface area (Å²) in [5.41, 5.74) is 2.95. The van der Waals surface area contributed by atoms with Gasteiger partial charge in [-0.15, -0.1) is 0 Å². The van der Waals surface area contributed by atoms with Crippen LogP contribution in [0.2, 0.25) is 0 Å². The molecule has 0 fully saturated rings. The SMILES string of the molecule is CCS(=O)(=O)Oc1ccccc1-c1nc2cc(C)ccc2o1. The molecule has 0 saturated heterocycles. The Bertz CT molecular complexity index is 928. The molecule has 0 N–H and O–H groups in total. The number of nitrogens with zero attached hydrogens (tertiary/aromatic N) is 1. The van der Waals surface area contributed by atoms with Crippen LogP contribution in [-0.4, -0.2) is 19.2 Å². The monoisotopic (exact) mass is 317 g/mol. The molecule has 0 amide bonds. The number of oxazole rings is 1. The highest BCUT2D eigenvalue weighted by Gasteiger charge is 2.17. The van der Waals surface area contributed by atoms with Crippen molar-refractivity contribution in [3.8, 4) is 17.2 Å². The van der Waals surface area contributed by atoms with Gasteiger partial charge in [-0.25, -0.2) is 4.98 Å². The fourth-order valence-corrected chi connectivity index (χ4v) is 2.60. The van der Waals surface area contributed by atoms with Crippen molar-refractivity contribution in [2.45, 2.75) is 13.8 Å². The second kappa shape index (κ2) is 5.46. The van der Waals surface area contributed by atoms with E-state index < -0.39 is 10.1 Å². The van der Waals surface area contributed by atoms with Gasteiger partial charge in [0.1, 0.15) is 5.52 Å². The second-order valence-corrected chi connectivity index (χ2v) is 6.78. The molecule has 5 nitrogen and oxygen atoms in total. The van der Waals surface area contributed by atoms with Crippen molar-refractivity contribution in [2.24, 2.45) is 0 Å². The highest BCUT2D eigenvalue weighted by molar-refractivity contribution is 7.87. The molecule has 0 aliphatic rings. The standard InChI is InChI=1S/C16H15NO4S/c1-3-22(18,19)21-14-7-5-4-6-12(14)16-17-13-10-11(2)8-9-15(13)20-16/h4-10H,3H2,1-2H3. The molecular formula is C16H15NO4S. The molecule has 3 aromatic rings. The minimum atomic E-state index is -3.61. The Kier molecular flexibility index (Phi) is 3.62. The molecule has 22 heavy (non-hydrogen) atoms. The van der Waals surface area contributed by atoms with Crippen molar-refractivity contribution < 1.29 is 17.0 Å². The quantitative estimate of drug-likeness (QED) is 0.688. The Morgan fingerprint density at radius 1 is 1.18 bits per heavy atom. The lowest BCUT2D eigenvalue weighted by atomic mass is 10.2. The molecular weight excluding hydrogens is 302 g/mol. The molecule has 1 heterocycles. The van der Waals surface area contributed by atoms with E-state index >= 15 is 0 Å². The van der Waals surface area contributed by atoms with Gasteiger partial charge in [0.2, 0.25) is 5.89 Å². The van der Waals surface area contributed by atoms with Crippen LogP contribution in [-0.2, 0) is 10.1 Å². The number of benzene rings is 2. The Hall–Kier alpha value is -2.34. The Morgan fingerprint density at radius 3 is 2.73 bits per heavy atom. The minimum Gasteiger partial charge on any atom is -0.436 e. The summed E-state index contributed by atoms with van der Waals surface area (Å²) in [6, 6.07) is 12.5. The lowest BCUT2D eigenvalue weighted by Crippen LogP contribution is -2.11. The average Bonchev–Trinajstić information content (AvgIpc) is 2.90. The molecule has 6 heteroatoms. The third-order valence-electron chi connectivity index (χ3n) is 3.23. The number of rotatable bonds is 4. The summed E-state index contributed by atoms with van der Waals surface area (Å²) >= 11 is 0. The van der Waals surface area contributed by atoms with Crippen LogP contribution in [0, 0.1) is 6.92 Å². The Balaban J connectivity index is 2.10. The predicted octanol–water partition coefficient (Wildman–Crippen LogP) is 3.53. The van der Waals surface area contributed by atoms with Crippen molar-refractivity contribution in [1.29, 1.82) is 0 Å². The molecule has 2 aromatic carbocycles. The van der Waals surface area contributed by atoms with E-state index in [0.717, 1.165) is 11.1 Å². The van der Waals surface area contributed by atoms with Gasteiger partial charge in [0.05, 0.1) is 11.3 Å². The largest absolute Gasteiger partial charge is 0.436 e. The molecule has 0 aliphatic heterocycles. The van der Waals surface area contributed by atoms with E-state index in [1.54, 1.807) is 24.3 Å². The van der Waals surface area contributed by atoms with Gasteiger partial charge in [-0.05, 0) is 43.7 Å². The molecule has 0 spiro atoms. The highest BCUT2D eigenvalue weighted by Crippen LogP contribution is 2.32. The lowest BCUT2D eigenvalue weighted by Gasteiger charge is -2.07. The van der Waals surface area contributed by atoms with E-state index in [4.69, 9.17) is 8.60 Å². The molecule has 0 saturated carbocycles. The van der Waals surface area contributed by atoms with Crippen LogP contribution in [0.25, 0.3) is 22.6 Å². The van der Waals surface area contributed by atoms with E-state index in [9.17, 15) is 8.42 Å². The first-order chi connectivity index (χ1) is 10.5. The molecule has 1 aromatic heterocycles. The summed E-state index contributed by atoms with van der Waals surface area (Å²) in [5, 5.41) is 0. The number of para-hydroxylation sites is 1. The maximum atomic E-state index is 11.7. The van der Waals surface area contributed by atoms with E-state index in [1.165, 1.54) is 6.92 Å². The van der Waals surface area contributed by atoms with Gasteiger partial charge >= 0.3 is 10.1 Å². The van der Waals surface area contributed by atoms with Gasteiger partial charge < -0.3 is 8.60 Å². The molecule has 0 bridgehead atoms. The number of aromatic nitrogens is 1. The minimum absolute atomic E-state index is 0.103. The van der Waals surface area contributed by atoms with Gasteiger partial charge in [0.25, 0.3) is 0 Å². The van der Waals surface area contributed by atoms with Crippen LogP contribution in [0.4, 0.5) is 0 Å². The van der Waals surface area contributed by atoms with Gasteiger partial charge in [-0.2, -0.15) is 8.42 Å². The van der Waals surface area contributed by atoms with Crippen molar-refractivity contribution in [2.75, 3.05) is 5.75 Å². The fourth-order valence-electron chi connectivity index (χ4n) is 2.06. The predicted molar refractivity (Wildman–Crippen MR) is 84.3 cm³/mol. The third-order valence-corrected chi connectivity index (χ3v) is 4.37. The number of hydrogen-bond acceptors (Lipinski definition) is 5. The van der Waals surface area contributed by atoms with Crippen molar-refractivity contribution in [1.82, 2.24) is 4.98 Å². The van der Waals surface area contributed by atoms with E-state index in [1.807, 2.05) is 25.1 Å². The maximum Gasteiger partial charge on any atom is 0.308 e. The normalized spacial score (nSPS) is 11.7. The molecule has 0 radical (unpaired) electrons. The highest BCUT2D eigenvalue weighted by atomic mass is 32.2. The van der Waals surface area contributed by atoms with Gasteiger partial charge in [-0.3, -0.25) is 0 Å². The summed E-state index contributed by atoms with van der Waals surface area (Å²) in [5.74, 6) is 0.448. The van der Waals surface area contributed by atoms with Crippen LogP contribution in [0.3, 0.4) is 0 Å². The summed E-state index contributed by atoms with van der Waals surface area (Å²) in [6.45, 7) is 3.50. The number of hydrogen-bond donors (Lipinski definition) is 0. The van der Waals surface area contributed by atoms with E-state index in [2.05, 4.69) is 4.98 Å². The summed E-state index contributed by atoms with van der Waals surface area (Å²) < 4.78 is 34.2. The van der Waals surface area contributed by atoms with E-state index in [-0.39, 0.29) is 11.5 Å². The van der Waals surface area contributed by atoms with Gasteiger partial charge in [0.15, 0.2) is 11.3 Å². The van der Waals surface area contributed by atoms with Crippen molar-refractivity contribution in [3.63, 3.8) is 0 Å². The first kappa shape index (κ1) is 14.6. The van der Waals surface area contributed by atoms with Crippen LogP contribution in [0.15, 0.2) is 46.9 Å². The molecule has 0 atom stereocenters. The smallest absolute Gasteiger partial charge is 0.308 e. The molecule has 3 rings (SSSR count). The Labute approximate surface area is 128 Å². The zero-order valence-electron chi connectivity index (χ0n) is 12.2. The second-order valence-electron chi connectivity index (χ2n) is 4.92. The van der Waals surface area contributed by atoms with Crippen LogP contribution < -0.4 is 4.18 Å². The topological polar surface area (TPSA) is 69.4 Å². The lowest BCUT2D eigenvalue weighted by molar-refractivity contribution is 0.487. The van der Waals surface area contributed by atoms with Crippen molar-refractivity contribution in [3.05, 3.63) is 48.0 Å². The molecule has 0 aliphatic carbocycles. The first-order valence-corrected chi connectivity index (χ1v) is 8.45. The van der Waals surface area contributed by atoms with E-state index in [0.29, 0.717) is 17.0 Å². The third kappa shape index (κ3) is 2.82. The van der Waals surface area contributed by atoms with Crippen LogP contribution >= 0.6 is 0 Å². The number of fused-ring (bicyclic) bond motifs is 1.